The average Bonchev–Trinajstić information content (AvgIpc) is 1.86. The minimum absolute atomic E-state index is 0.367. The molecule has 3 atom stereocenters. The van der Waals surface area contributed by atoms with Crippen molar-refractivity contribution in [1.82, 2.24) is 0 Å². The predicted molar refractivity (Wildman–Crippen MR) is 53.5 cm³/mol. The molecule has 7 heteroatoms. The van der Waals surface area contributed by atoms with Gasteiger partial charge in [0.1, 0.15) is 5.44 Å². The fourth-order valence-corrected chi connectivity index (χ4v) is 2.27. The van der Waals surface area contributed by atoms with Crippen molar-refractivity contribution in [2.24, 2.45) is 11.5 Å². The molecule has 5 N–H and O–H groups in total. The van der Waals surface area contributed by atoms with Crippen molar-refractivity contribution < 1.29 is 5.11 Å². The summed E-state index contributed by atoms with van der Waals surface area (Å²) in [6.45, 7) is 0. The van der Waals surface area contributed by atoms with E-state index in [1.54, 1.807) is 0 Å². The largest absolute Gasteiger partial charge is 0.381 e. The molecule has 4 radical (unpaired) electrons. The molecule has 0 aliphatic carbocycles. The van der Waals surface area contributed by atoms with Crippen molar-refractivity contribution in [3.05, 3.63) is 0 Å². The molecule has 3 nitrogen and oxygen atoms in total. The molecule has 0 aliphatic rings. The smallest absolute Gasteiger partial charge is 0.116 e. The van der Waals surface area contributed by atoms with Crippen molar-refractivity contribution in [1.29, 1.82) is 0 Å². The predicted octanol–water partition coefficient (Wildman–Crippen LogP) is -1.41. The van der Waals surface area contributed by atoms with Crippen LogP contribution in [0.15, 0.2) is 0 Å². The maximum absolute atomic E-state index is 9.05. The summed E-state index contributed by atoms with van der Waals surface area (Å²) in [5.74, 6) is -0.524. The highest BCUT2D eigenvalue weighted by molar-refractivity contribution is 8.76. The van der Waals surface area contributed by atoms with Crippen LogP contribution < -0.4 is 11.5 Å². The molecule has 0 aromatic rings. The monoisotopic (exact) mass is 188 g/mol. The molecule has 0 aliphatic heterocycles. The van der Waals surface area contributed by atoms with E-state index in [9.17, 15) is 0 Å². The molecule has 0 amide bonds. The van der Waals surface area contributed by atoms with Gasteiger partial charge in [0.15, 0.2) is 0 Å². The molecule has 0 rings (SSSR count). The standard InChI is InChI=1S/C4H10B2N2OS2/c5-2(7)1-10-11-4(9)3(6)8/h2-4,9H,1,7-8H2. The van der Waals surface area contributed by atoms with Gasteiger partial charge in [0.2, 0.25) is 0 Å². The van der Waals surface area contributed by atoms with Crippen molar-refractivity contribution in [3.8, 4) is 0 Å². The number of nitrogens with two attached hydrogens (primary N) is 2. The summed E-state index contributed by atoms with van der Waals surface area (Å²) < 4.78 is 0. The van der Waals surface area contributed by atoms with Gasteiger partial charge in [-0.2, -0.15) is 0 Å². The second-order valence-corrected chi connectivity index (χ2v) is 4.54. The molecule has 0 spiro atoms. The molecule has 60 valence electrons. The Morgan fingerprint density at radius 1 is 1.36 bits per heavy atom. The van der Waals surface area contributed by atoms with E-state index in [4.69, 9.17) is 32.3 Å². The molecule has 0 bridgehead atoms. The first kappa shape index (κ1) is 11.7. The van der Waals surface area contributed by atoms with Crippen LogP contribution in [0.3, 0.4) is 0 Å². The third-order valence-corrected chi connectivity index (χ3v) is 3.33. The van der Waals surface area contributed by atoms with Crippen molar-refractivity contribution in [2.75, 3.05) is 5.75 Å². The number of hydrogen-bond donors (Lipinski definition) is 3. The third kappa shape index (κ3) is 7.08. The molecule has 0 saturated heterocycles. The highest BCUT2D eigenvalue weighted by Gasteiger charge is 2.09. The summed E-state index contributed by atoms with van der Waals surface area (Å²) in [4.78, 5) is 0. The van der Waals surface area contributed by atoms with Gasteiger partial charge in [0.05, 0.1) is 15.7 Å². The van der Waals surface area contributed by atoms with E-state index in [1.165, 1.54) is 21.6 Å². The fraction of sp³-hybridized carbons (Fsp3) is 1.00. The summed E-state index contributed by atoms with van der Waals surface area (Å²) in [6, 6.07) is 0. The SMILES string of the molecule is [B]C(N)CSSC(O)C([B])N. The van der Waals surface area contributed by atoms with Gasteiger partial charge in [-0.1, -0.05) is 21.6 Å². The Hall–Kier alpha value is 0.710. The summed E-state index contributed by atoms with van der Waals surface area (Å²) in [6.07, 6.45) is 0. The fourth-order valence-electron chi connectivity index (χ4n) is 0.252. The zero-order chi connectivity index (χ0) is 8.85. The van der Waals surface area contributed by atoms with Crippen LogP contribution in [-0.4, -0.2) is 43.9 Å². The normalized spacial score (nSPS) is 19.2. The minimum atomic E-state index is -0.765. The van der Waals surface area contributed by atoms with Gasteiger partial charge in [-0.25, -0.2) is 0 Å². The third-order valence-electron chi connectivity index (χ3n) is 0.756. The van der Waals surface area contributed by atoms with Gasteiger partial charge >= 0.3 is 0 Å². The zero-order valence-electron chi connectivity index (χ0n) is 6.01. The molecular formula is C4H10B2N2OS2. The van der Waals surface area contributed by atoms with Crippen LogP contribution in [0, 0.1) is 0 Å². The molecule has 0 aromatic carbocycles. The van der Waals surface area contributed by atoms with E-state index >= 15 is 0 Å². The summed E-state index contributed by atoms with van der Waals surface area (Å²) in [5.41, 5.74) is 9.67. The van der Waals surface area contributed by atoms with E-state index in [2.05, 4.69) is 0 Å². The first-order chi connectivity index (χ1) is 5.04. The second kappa shape index (κ2) is 6.25. The highest BCUT2D eigenvalue weighted by Crippen LogP contribution is 2.25. The lowest BCUT2D eigenvalue weighted by Crippen LogP contribution is -2.32. The quantitative estimate of drug-likeness (QED) is 0.281. The summed E-state index contributed by atoms with van der Waals surface area (Å²) in [5, 5.41) is 9.05. The molecule has 3 unspecified atom stereocenters. The number of aliphatic hydroxyl groups excluding tert-OH is 1. The second-order valence-electron chi connectivity index (χ2n) is 2.01. The highest BCUT2D eigenvalue weighted by atomic mass is 33.1. The molecule has 0 fully saturated rings. The van der Waals surface area contributed by atoms with Crippen LogP contribution in [-0.2, 0) is 0 Å². The van der Waals surface area contributed by atoms with Crippen molar-refractivity contribution >= 4 is 37.3 Å². The van der Waals surface area contributed by atoms with Crippen LogP contribution in [0.2, 0.25) is 0 Å². The Balaban J connectivity index is 3.24. The Bertz CT molecular complexity index is 106. The maximum Gasteiger partial charge on any atom is 0.116 e. The zero-order valence-corrected chi connectivity index (χ0v) is 7.65. The van der Waals surface area contributed by atoms with Gasteiger partial charge in [-0.05, 0) is 5.94 Å². The van der Waals surface area contributed by atoms with Crippen LogP contribution in [0.25, 0.3) is 0 Å². The van der Waals surface area contributed by atoms with E-state index in [0.29, 0.717) is 5.75 Å². The Labute approximate surface area is 77.3 Å². The topological polar surface area (TPSA) is 72.3 Å². The van der Waals surface area contributed by atoms with Crippen LogP contribution in [0.4, 0.5) is 0 Å². The molecule has 0 heterocycles. The maximum atomic E-state index is 9.05. The Kier molecular flexibility index (Phi) is 6.65. The number of aliphatic hydroxyl groups is 1. The van der Waals surface area contributed by atoms with Gasteiger partial charge in [-0.3, -0.25) is 0 Å². The lowest BCUT2D eigenvalue weighted by Gasteiger charge is -2.13. The minimum Gasteiger partial charge on any atom is -0.381 e. The van der Waals surface area contributed by atoms with Crippen LogP contribution in [0.1, 0.15) is 0 Å². The number of hydrogen-bond acceptors (Lipinski definition) is 5. The molecule has 11 heavy (non-hydrogen) atoms. The van der Waals surface area contributed by atoms with Crippen LogP contribution >= 0.6 is 21.6 Å². The average molecular weight is 188 g/mol. The van der Waals surface area contributed by atoms with Gasteiger partial charge in [0, 0.05) is 11.7 Å². The van der Waals surface area contributed by atoms with Gasteiger partial charge in [-0.15, -0.1) is 0 Å². The Morgan fingerprint density at radius 3 is 2.27 bits per heavy atom. The molecule has 0 aromatic heterocycles. The lowest BCUT2D eigenvalue weighted by atomic mass is 9.99. The van der Waals surface area contributed by atoms with E-state index < -0.39 is 11.4 Å². The van der Waals surface area contributed by atoms with Gasteiger partial charge < -0.3 is 16.6 Å². The number of rotatable bonds is 5. The van der Waals surface area contributed by atoms with Crippen LogP contribution in [0.5, 0.6) is 0 Å². The Morgan fingerprint density at radius 2 is 1.91 bits per heavy atom. The van der Waals surface area contributed by atoms with Gasteiger partial charge in [0.25, 0.3) is 0 Å². The molecule has 0 saturated carbocycles. The van der Waals surface area contributed by atoms with E-state index in [1.807, 2.05) is 0 Å². The van der Waals surface area contributed by atoms with E-state index in [-0.39, 0.29) is 5.94 Å². The first-order valence-corrected chi connectivity index (χ1v) is 5.41. The molecular weight excluding hydrogens is 178 g/mol. The first-order valence-electron chi connectivity index (χ1n) is 3.02. The van der Waals surface area contributed by atoms with Crippen molar-refractivity contribution in [3.63, 3.8) is 0 Å². The summed E-state index contributed by atoms with van der Waals surface area (Å²) in [7, 11) is 13.0. The summed E-state index contributed by atoms with van der Waals surface area (Å²) >= 11 is 0. The lowest BCUT2D eigenvalue weighted by molar-refractivity contribution is 0.260. The van der Waals surface area contributed by atoms with E-state index in [0.717, 1.165) is 0 Å². The van der Waals surface area contributed by atoms with Crippen molar-refractivity contribution in [2.45, 2.75) is 17.3 Å².